The number of nitrogens with one attached hydrogen (secondary N) is 2. The quantitative estimate of drug-likeness (QED) is 0.187. The minimum absolute atomic E-state index is 0.00935. The van der Waals surface area contributed by atoms with Gasteiger partial charge in [-0.2, -0.15) is 5.10 Å². The maximum absolute atomic E-state index is 14.4. The molecule has 1 aliphatic rings. The molecule has 11 nitrogen and oxygen atoms in total. The van der Waals surface area contributed by atoms with Crippen LogP contribution in [0.1, 0.15) is 93.7 Å². The first-order valence-electron chi connectivity index (χ1n) is 14.6. The fraction of sp³-hybridized carbons (Fsp3) is 0.333. The van der Waals surface area contributed by atoms with Gasteiger partial charge in [-0.15, -0.1) is 0 Å². The Bertz CT molecular complexity index is 1870. The number of ketones is 1. The van der Waals surface area contributed by atoms with Crippen molar-refractivity contribution in [2.45, 2.75) is 65.6 Å². The number of nitrogens with zero attached hydrogens (tertiary/aromatic N) is 3. The van der Waals surface area contributed by atoms with Crippen LogP contribution in [0, 0.1) is 18.6 Å². The zero-order valence-corrected chi connectivity index (χ0v) is 27.2. The Morgan fingerprint density at radius 3 is 2.43 bits per heavy atom. The molecule has 0 saturated heterocycles. The molecule has 0 saturated carbocycles. The number of hydrogen-bond donors (Lipinski definition) is 3. The summed E-state index contributed by atoms with van der Waals surface area (Å²) in [6.07, 6.45) is 2.23. The third kappa shape index (κ3) is 8.35. The van der Waals surface area contributed by atoms with E-state index in [0.29, 0.717) is 24.0 Å². The first kappa shape index (κ1) is 35.1. The van der Waals surface area contributed by atoms with E-state index >= 15 is 0 Å². The topological polar surface area (TPSA) is 152 Å². The van der Waals surface area contributed by atoms with Crippen molar-refractivity contribution in [3.63, 3.8) is 0 Å². The molecule has 2 heterocycles. The highest BCUT2D eigenvalue weighted by Crippen LogP contribution is 2.35. The molecule has 0 bridgehead atoms. The number of rotatable bonds is 7. The molecule has 0 fully saturated rings. The van der Waals surface area contributed by atoms with Crippen LogP contribution in [-0.4, -0.2) is 55.5 Å². The maximum atomic E-state index is 14.4. The van der Waals surface area contributed by atoms with E-state index in [1.807, 2.05) is 13.0 Å². The molecule has 47 heavy (non-hydrogen) atoms. The van der Waals surface area contributed by atoms with Gasteiger partial charge in [0, 0.05) is 18.2 Å². The number of benzene rings is 2. The number of amides is 2. The Balaban J connectivity index is 0.000000488. The molecule has 3 N–H and O–H groups in total. The maximum Gasteiger partial charge on any atom is 0.332 e. The number of aromatic nitrogens is 3. The summed E-state index contributed by atoms with van der Waals surface area (Å²) in [5.41, 5.74) is 3.00. The van der Waals surface area contributed by atoms with Crippen molar-refractivity contribution in [2.75, 3.05) is 6.61 Å². The lowest BCUT2D eigenvalue weighted by Gasteiger charge is -2.18. The smallest absolute Gasteiger partial charge is 0.332 e. The summed E-state index contributed by atoms with van der Waals surface area (Å²) in [6, 6.07) is 8.53. The van der Waals surface area contributed by atoms with Gasteiger partial charge in [0.15, 0.2) is 17.2 Å². The zero-order valence-electron chi connectivity index (χ0n) is 26.4. The molecule has 0 unspecified atom stereocenters. The summed E-state index contributed by atoms with van der Waals surface area (Å²) < 4.78 is 33.6. The SMILES string of the molecule is CC(=O)c1ccc2c(c1C)CC[C@@H]2NC(=O)c1cc(C(=O)NCc2ccc(F)c(Cl)c2)nc2c(F)cnn12.CC(C)(C)OC(=O)CO. The molecule has 2 amide bonds. The highest BCUT2D eigenvalue weighted by atomic mass is 35.5. The number of halogens is 3. The van der Waals surface area contributed by atoms with Gasteiger partial charge >= 0.3 is 5.97 Å². The first-order valence-corrected chi connectivity index (χ1v) is 15.0. The summed E-state index contributed by atoms with van der Waals surface area (Å²) in [5, 5.41) is 17.6. The Morgan fingerprint density at radius 1 is 1.09 bits per heavy atom. The van der Waals surface area contributed by atoms with Crippen LogP contribution in [0.15, 0.2) is 42.6 Å². The Hall–Kier alpha value is -4.75. The van der Waals surface area contributed by atoms with E-state index in [9.17, 15) is 28.0 Å². The molecule has 2 aromatic carbocycles. The molecule has 0 spiro atoms. The van der Waals surface area contributed by atoms with Crippen LogP contribution in [0.3, 0.4) is 0 Å². The van der Waals surface area contributed by atoms with Crippen molar-refractivity contribution < 1.29 is 37.8 Å². The number of carbonyl (C=O) groups is 4. The molecule has 1 atom stereocenters. The van der Waals surface area contributed by atoms with E-state index in [1.54, 1.807) is 26.8 Å². The molecular formula is C33H34ClF2N5O6. The summed E-state index contributed by atoms with van der Waals surface area (Å²) in [5.74, 6) is -3.21. The lowest BCUT2D eigenvalue weighted by molar-refractivity contribution is -0.158. The first-order chi connectivity index (χ1) is 22.1. The number of hydrogen-bond acceptors (Lipinski definition) is 8. The predicted octanol–water partition coefficient (Wildman–Crippen LogP) is 4.84. The van der Waals surface area contributed by atoms with Gasteiger partial charge in [0.1, 0.15) is 29.4 Å². The van der Waals surface area contributed by atoms with Crippen molar-refractivity contribution in [1.29, 1.82) is 0 Å². The van der Waals surface area contributed by atoms with Crippen LogP contribution in [0.25, 0.3) is 5.65 Å². The van der Waals surface area contributed by atoms with Crippen molar-refractivity contribution >= 4 is 40.8 Å². The molecular weight excluding hydrogens is 636 g/mol. The average molecular weight is 670 g/mol. The van der Waals surface area contributed by atoms with E-state index in [0.717, 1.165) is 27.4 Å². The number of carbonyl (C=O) groups excluding carboxylic acids is 4. The van der Waals surface area contributed by atoms with Crippen LogP contribution < -0.4 is 10.6 Å². The van der Waals surface area contributed by atoms with Crippen molar-refractivity contribution in [2.24, 2.45) is 0 Å². The average Bonchev–Trinajstić information content (AvgIpc) is 3.60. The zero-order chi connectivity index (χ0) is 34.6. The standard InChI is InChI=1S/C27H22ClF2N5O3.C6H12O3/c1-13-16(14(2)36)4-5-18-17(13)6-8-22(18)34-27(38)24-10-23(33-25-21(30)12-32-35(24)25)26(37)31-11-15-3-7-20(29)19(28)9-15;1-6(2,3)9-5(8)4-7/h3-5,7,9-10,12,22H,6,8,11H2,1-2H3,(H,31,37)(H,34,38);7H,4H2,1-3H3/t22-;/m0./s1. The molecule has 5 rings (SSSR count). The predicted molar refractivity (Wildman–Crippen MR) is 168 cm³/mol. The van der Waals surface area contributed by atoms with Gasteiger partial charge in [0.25, 0.3) is 11.8 Å². The van der Waals surface area contributed by atoms with Gasteiger partial charge in [-0.05, 0) is 81.8 Å². The summed E-state index contributed by atoms with van der Waals surface area (Å²) in [4.78, 5) is 52.5. The van der Waals surface area contributed by atoms with Crippen molar-refractivity contribution in [1.82, 2.24) is 25.2 Å². The second-order valence-electron chi connectivity index (χ2n) is 11.9. The second kappa shape index (κ2) is 14.3. The number of esters is 1. The van der Waals surface area contributed by atoms with E-state index in [4.69, 9.17) is 21.4 Å². The minimum atomic E-state index is -0.794. The summed E-state index contributed by atoms with van der Waals surface area (Å²) in [7, 11) is 0. The van der Waals surface area contributed by atoms with Crippen LogP contribution in [0.5, 0.6) is 0 Å². The van der Waals surface area contributed by atoms with Gasteiger partial charge in [0.05, 0.1) is 17.3 Å². The Morgan fingerprint density at radius 2 is 1.81 bits per heavy atom. The highest BCUT2D eigenvalue weighted by Gasteiger charge is 2.29. The lowest BCUT2D eigenvalue weighted by Crippen LogP contribution is -2.30. The van der Waals surface area contributed by atoms with Gasteiger partial charge < -0.3 is 20.5 Å². The van der Waals surface area contributed by atoms with Crippen molar-refractivity contribution in [3.05, 3.63) is 98.5 Å². The fourth-order valence-electron chi connectivity index (χ4n) is 5.15. The third-order valence-corrected chi connectivity index (χ3v) is 7.55. The number of aliphatic hydroxyl groups is 1. The van der Waals surface area contributed by atoms with E-state index in [-0.39, 0.29) is 40.4 Å². The summed E-state index contributed by atoms with van der Waals surface area (Å²) in [6.45, 7) is 8.13. The van der Waals surface area contributed by atoms with Gasteiger partial charge in [-0.25, -0.2) is 23.1 Å². The van der Waals surface area contributed by atoms with Gasteiger partial charge in [-0.3, -0.25) is 14.4 Å². The van der Waals surface area contributed by atoms with Gasteiger partial charge in [0.2, 0.25) is 0 Å². The van der Waals surface area contributed by atoms with Crippen molar-refractivity contribution in [3.8, 4) is 0 Å². The van der Waals surface area contributed by atoms with Crippen LogP contribution in [-0.2, 0) is 22.5 Å². The molecule has 1 aliphatic carbocycles. The Kier molecular flexibility index (Phi) is 10.7. The molecule has 0 aliphatic heterocycles. The number of fused-ring (bicyclic) bond motifs is 2. The minimum Gasteiger partial charge on any atom is -0.458 e. The lowest BCUT2D eigenvalue weighted by atomic mass is 9.96. The molecule has 2 aromatic heterocycles. The monoisotopic (exact) mass is 669 g/mol. The molecule has 4 aromatic rings. The van der Waals surface area contributed by atoms with Crippen LogP contribution in [0.2, 0.25) is 5.02 Å². The van der Waals surface area contributed by atoms with Gasteiger partial charge in [-0.1, -0.05) is 29.8 Å². The normalized spacial score (nSPS) is 13.8. The van der Waals surface area contributed by atoms with Crippen LogP contribution in [0.4, 0.5) is 8.78 Å². The molecule has 0 radical (unpaired) electrons. The van der Waals surface area contributed by atoms with E-state index in [1.165, 1.54) is 31.2 Å². The number of ether oxygens (including phenoxy) is 1. The highest BCUT2D eigenvalue weighted by molar-refractivity contribution is 6.30. The molecule has 14 heteroatoms. The number of Topliss-reactive ketones (excluding diaryl/α,β-unsaturated/α-hetero) is 1. The number of aliphatic hydroxyl groups excluding tert-OH is 1. The fourth-order valence-corrected chi connectivity index (χ4v) is 5.36. The van der Waals surface area contributed by atoms with E-state index < -0.39 is 41.6 Å². The summed E-state index contributed by atoms with van der Waals surface area (Å²) >= 11 is 5.79. The second-order valence-corrected chi connectivity index (χ2v) is 12.3. The Labute approximate surface area is 274 Å². The van der Waals surface area contributed by atoms with E-state index in [2.05, 4.69) is 20.7 Å². The van der Waals surface area contributed by atoms with Crippen LogP contribution >= 0.6 is 11.6 Å². The third-order valence-electron chi connectivity index (χ3n) is 7.26. The largest absolute Gasteiger partial charge is 0.458 e. The molecule has 248 valence electrons.